The molecule has 0 amide bonds. The van der Waals surface area contributed by atoms with Crippen LogP contribution in [-0.4, -0.2) is 9.55 Å². The molecule has 68 valence electrons. The summed E-state index contributed by atoms with van der Waals surface area (Å²) in [5.74, 6) is 0. The molecule has 1 heterocycles. The van der Waals surface area contributed by atoms with E-state index < -0.39 is 0 Å². The van der Waals surface area contributed by atoms with Gasteiger partial charge in [-0.25, -0.2) is 4.98 Å². The van der Waals surface area contributed by atoms with Gasteiger partial charge in [0.05, 0.1) is 6.33 Å². The highest BCUT2D eigenvalue weighted by Gasteiger charge is 2.15. The summed E-state index contributed by atoms with van der Waals surface area (Å²) in [6.45, 7) is 9.02. The Balaban J connectivity index is 2.56. The van der Waals surface area contributed by atoms with Crippen molar-refractivity contribution in [2.24, 2.45) is 5.41 Å². The molecule has 0 N–H and O–H groups in total. The average Bonchev–Trinajstić information content (AvgIpc) is 2.32. The first kappa shape index (κ1) is 9.30. The predicted molar refractivity (Wildman–Crippen MR) is 51.0 cm³/mol. The van der Waals surface area contributed by atoms with E-state index in [-0.39, 0.29) is 0 Å². The second-order valence-corrected chi connectivity index (χ2v) is 4.62. The van der Waals surface area contributed by atoms with E-state index >= 15 is 0 Å². The lowest BCUT2D eigenvalue weighted by Gasteiger charge is -2.23. The maximum Gasteiger partial charge on any atom is 0.0948 e. The molecule has 0 aliphatic rings. The Bertz CT molecular complexity index is 218. The van der Waals surface area contributed by atoms with Gasteiger partial charge in [-0.2, -0.15) is 0 Å². The van der Waals surface area contributed by atoms with E-state index in [9.17, 15) is 0 Å². The van der Waals surface area contributed by atoms with Gasteiger partial charge in [0.2, 0.25) is 0 Å². The zero-order valence-corrected chi connectivity index (χ0v) is 8.41. The van der Waals surface area contributed by atoms with Crippen LogP contribution in [0.2, 0.25) is 0 Å². The summed E-state index contributed by atoms with van der Waals surface area (Å²) >= 11 is 0. The fourth-order valence-corrected chi connectivity index (χ4v) is 1.52. The van der Waals surface area contributed by atoms with Crippen LogP contribution in [0.4, 0.5) is 0 Å². The predicted octanol–water partition coefficient (Wildman–Crippen LogP) is 2.88. The molecule has 1 unspecified atom stereocenters. The van der Waals surface area contributed by atoms with Crippen LogP contribution in [0.1, 0.15) is 40.2 Å². The third-order valence-electron chi connectivity index (χ3n) is 1.94. The first-order valence-corrected chi connectivity index (χ1v) is 4.46. The van der Waals surface area contributed by atoms with E-state index in [1.54, 1.807) is 0 Å². The molecule has 0 aliphatic carbocycles. The van der Waals surface area contributed by atoms with Gasteiger partial charge in [-0.1, -0.05) is 20.8 Å². The quantitative estimate of drug-likeness (QED) is 0.660. The Hall–Kier alpha value is -0.790. The highest BCUT2D eigenvalue weighted by atomic mass is 15.0. The molecule has 1 atom stereocenters. The van der Waals surface area contributed by atoms with Gasteiger partial charge in [0.1, 0.15) is 0 Å². The molecule has 0 saturated heterocycles. The number of nitrogens with zero attached hydrogens (tertiary/aromatic N) is 2. The smallest absolute Gasteiger partial charge is 0.0948 e. The van der Waals surface area contributed by atoms with Gasteiger partial charge in [-0.05, 0) is 18.8 Å². The number of rotatable bonds is 2. The molecule has 2 nitrogen and oxygen atoms in total. The van der Waals surface area contributed by atoms with Gasteiger partial charge >= 0.3 is 0 Å². The summed E-state index contributed by atoms with van der Waals surface area (Å²) in [6.07, 6.45) is 6.93. The van der Waals surface area contributed by atoms with Crippen LogP contribution in [0.3, 0.4) is 0 Å². The second kappa shape index (κ2) is 3.30. The van der Waals surface area contributed by atoms with Gasteiger partial charge in [-0.3, -0.25) is 0 Å². The fourth-order valence-electron chi connectivity index (χ4n) is 1.52. The van der Waals surface area contributed by atoms with Gasteiger partial charge in [0, 0.05) is 18.4 Å². The van der Waals surface area contributed by atoms with Crippen LogP contribution in [0.15, 0.2) is 18.7 Å². The minimum atomic E-state index is 0.393. The van der Waals surface area contributed by atoms with Crippen molar-refractivity contribution in [2.75, 3.05) is 0 Å². The van der Waals surface area contributed by atoms with Crippen molar-refractivity contribution in [1.29, 1.82) is 0 Å². The van der Waals surface area contributed by atoms with Crippen LogP contribution >= 0.6 is 0 Å². The van der Waals surface area contributed by atoms with Crippen molar-refractivity contribution in [3.8, 4) is 0 Å². The van der Waals surface area contributed by atoms with Crippen molar-refractivity contribution in [3.05, 3.63) is 18.7 Å². The molecule has 0 saturated carbocycles. The number of aromatic nitrogens is 2. The molecule has 1 aromatic rings. The van der Waals surface area contributed by atoms with Gasteiger partial charge in [-0.15, -0.1) is 0 Å². The minimum absolute atomic E-state index is 0.393. The van der Waals surface area contributed by atoms with Crippen molar-refractivity contribution in [1.82, 2.24) is 9.55 Å². The summed E-state index contributed by atoms with van der Waals surface area (Å²) in [7, 11) is 0. The molecule has 0 bridgehead atoms. The summed E-state index contributed by atoms with van der Waals surface area (Å²) < 4.78 is 2.16. The Morgan fingerprint density at radius 1 is 1.42 bits per heavy atom. The Labute approximate surface area is 74.6 Å². The third-order valence-corrected chi connectivity index (χ3v) is 1.94. The monoisotopic (exact) mass is 166 g/mol. The highest BCUT2D eigenvalue weighted by Crippen LogP contribution is 2.26. The van der Waals surface area contributed by atoms with Gasteiger partial charge < -0.3 is 4.57 Å². The second-order valence-electron chi connectivity index (χ2n) is 4.62. The van der Waals surface area contributed by atoms with Crippen molar-refractivity contribution >= 4 is 0 Å². The Morgan fingerprint density at radius 3 is 2.50 bits per heavy atom. The Kier molecular flexibility index (Phi) is 2.55. The SMILES string of the molecule is CC(CC(C)(C)C)n1ccnc1. The van der Waals surface area contributed by atoms with E-state index in [2.05, 4.69) is 37.2 Å². The normalized spacial score (nSPS) is 14.7. The van der Waals surface area contributed by atoms with Gasteiger partial charge in [0.25, 0.3) is 0 Å². The van der Waals surface area contributed by atoms with Gasteiger partial charge in [0.15, 0.2) is 0 Å². The van der Waals surface area contributed by atoms with E-state index in [0.717, 1.165) is 0 Å². The molecule has 1 rings (SSSR count). The molecular formula is C10H18N2. The highest BCUT2D eigenvalue weighted by molar-refractivity contribution is 4.80. The summed E-state index contributed by atoms with van der Waals surface area (Å²) in [6, 6.07) is 0.549. The largest absolute Gasteiger partial charge is 0.335 e. The minimum Gasteiger partial charge on any atom is -0.335 e. The van der Waals surface area contributed by atoms with E-state index in [1.807, 2.05) is 18.7 Å². The molecule has 0 spiro atoms. The zero-order chi connectivity index (χ0) is 9.19. The third kappa shape index (κ3) is 2.68. The molecule has 2 heteroatoms. The standard InChI is InChI=1S/C10H18N2/c1-9(7-10(2,3)4)12-6-5-11-8-12/h5-6,8-9H,7H2,1-4H3. The summed E-state index contributed by atoms with van der Waals surface area (Å²) in [5.41, 5.74) is 0.393. The average molecular weight is 166 g/mol. The van der Waals surface area contributed by atoms with Crippen LogP contribution in [0, 0.1) is 5.41 Å². The summed E-state index contributed by atoms with van der Waals surface area (Å²) in [4.78, 5) is 4.04. The lowest BCUT2D eigenvalue weighted by Crippen LogP contribution is -2.13. The number of hydrogen-bond donors (Lipinski definition) is 0. The topological polar surface area (TPSA) is 17.8 Å². The first-order chi connectivity index (χ1) is 5.49. The van der Waals surface area contributed by atoms with Crippen LogP contribution in [0.25, 0.3) is 0 Å². The van der Waals surface area contributed by atoms with E-state index in [4.69, 9.17) is 0 Å². The van der Waals surface area contributed by atoms with E-state index in [0.29, 0.717) is 11.5 Å². The molecule has 1 aromatic heterocycles. The lowest BCUT2D eigenvalue weighted by molar-refractivity contribution is 0.306. The molecule has 0 radical (unpaired) electrons. The molecule has 0 fully saturated rings. The summed E-state index contributed by atoms with van der Waals surface area (Å²) in [5, 5.41) is 0. The maximum absolute atomic E-state index is 4.04. The van der Waals surface area contributed by atoms with Crippen LogP contribution in [-0.2, 0) is 0 Å². The van der Waals surface area contributed by atoms with Crippen LogP contribution < -0.4 is 0 Å². The molecule has 12 heavy (non-hydrogen) atoms. The number of hydrogen-bond acceptors (Lipinski definition) is 1. The molecular weight excluding hydrogens is 148 g/mol. The number of imidazole rings is 1. The van der Waals surface area contributed by atoms with Crippen molar-refractivity contribution in [2.45, 2.75) is 40.2 Å². The van der Waals surface area contributed by atoms with Crippen molar-refractivity contribution < 1.29 is 0 Å². The lowest BCUT2D eigenvalue weighted by atomic mass is 9.89. The van der Waals surface area contributed by atoms with Crippen molar-refractivity contribution in [3.63, 3.8) is 0 Å². The first-order valence-electron chi connectivity index (χ1n) is 4.46. The molecule has 0 aromatic carbocycles. The fraction of sp³-hybridized carbons (Fsp3) is 0.700. The Morgan fingerprint density at radius 2 is 2.08 bits per heavy atom. The maximum atomic E-state index is 4.04. The van der Waals surface area contributed by atoms with E-state index in [1.165, 1.54) is 6.42 Å². The van der Waals surface area contributed by atoms with Crippen LogP contribution in [0.5, 0.6) is 0 Å². The zero-order valence-electron chi connectivity index (χ0n) is 8.41. The molecule has 0 aliphatic heterocycles.